The minimum absolute atomic E-state index is 0.413. The van der Waals surface area contributed by atoms with Crippen LogP contribution < -0.4 is 5.32 Å². The van der Waals surface area contributed by atoms with E-state index in [1.807, 2.05) is 7.05 Å². The van der Waals surface area contributed by atoms with Gasteiger partial charge in [-0.15, -0.1) is 0 Å². The largest absolute Gasteiger partial charge is 0.381 e. The maximum absolute atomic E-state index is 5.58. The zero-order valence-corrected chi connectivity index (χ0v) is 9.76. The van der Waals surface area contributed by atoms with Gasteiger partial charge in [0.1, 0.15) is 0 Å². The molecule has 3 nitrogen and oxygen atoms in total. The summed E-state index contributed by atoms with van der Waals surface area (Å²) < 4.78 is 11.0. The van der Waals surface area contributed by atoms with Crippen LogP contribution in [-0.4, -0.2) is 40.0 Å². The molecule has 0 radical (unpaired) electrons. The topological polar surface area (TPSA) is 30.5 Å². The monoisotopic (exact) mass is 213 g/mol. The lowest BCUT2D eigenvalue weighted by molar-refractivity contribution is 0.0430. The predicted molar refractivity (Wildman–Crippen MR) is 60.0 cm³/mol. The third-order valence-corrected chi connectivity index (χ3v) is 3.80. The second-order valence-corrected chi connectivity index (χ2v) is 5.09. The molecule has 88 valence electrons. The molecule has 2 aliphatic rings. The molecule has 1 unspecified atom stereocenters. The Morgan fingerprint density at radius 3 is 2.60 bits per heavy atom. The second-order valence-electron chi connectivity index (χ2n) is 5.09. The van der Waals surface area contributed by atoms with Gasteiger partial charge >= 0.3 is 0 Å². The Hall–Kier alpha value is -0.120. The summed E-state index contributed by atoms with van der Waals surface area (Å²) in [4.78, 5) is 0. The minimum Gasteiger partial charge on any atom is -0.381 e. The zero-order valence-electron chi connectivity index (χ0n) is 9.76. The molecule has 0 aromatic heterocycles. The average molecular weight is 213 g/mol. The second kappa shape index (κ2) is 5.28. The summed E-state index contributed by atoms with van der Waals surface area (Å²) in [6, 6.07) is 0. The van der Waals surface area contributed by atoms with E-state index < -0.39 is 0 Å². The molecular weight excluding hydrogens is 190 g/mol. The smallest absolute Gasteiger partial charge is 0.0535 e. The van der Waals surface area contributed by atoms with E-state index in [1.165, 1.54) is 25.7 Å². The van der Waals surface area contributed by atoms with Gasteiger partial charge in [-0.2, -0.15) is 0 Å². The van der Waals surface area contributed by atoms with Crippen molar-refractivity contribution in [2.24, 2.45) is 11.3 Å². The van der Waals surface area contributed by atoms with Crippen LogP contribution in [0.4, 0.5) is 0 Å². The molecule has 3 heteroatoms. The van der Waals surface area contributed by atoms with E-state index in [-0.39, 0.29) is 0 Å². The van der Waals surface area contributed by atoms with Crippen molar-refractivity contribution in [3.8, 4) is 0 Å². The van der Waals surface area contributed by atoms with Crippen LogP contribution >= 0.6 is 0 Å². The summed E-state index contributed by atoms with van der Waals surface area (Å²) in [6.07, 6.45) is 5.03. The van der Waals surface area contributed by atoms with Crippen LogP contribution in [0.3, 0.4) is 0 Å². The van der Waals surface area contributed by atoms with Gasteiger partial charge in [-0.05, 0) is 38.6 Å². The summed E-state index contributed by atoms with van der Waals surface area (Å²) in [5.74, 6) is 0.855. The van der Waals surface area contributed by atoms with Gasteiger partial charge in [-0.1, -0.05) is 0 Å². The molecule has 2 saturated heterocycles. The number of rotatable bonds is 4. The van der Waals surface area contributed by atoms with Crippen LogP contribution in [0, 0.1) is 11.3 Å². The van der Waals surface area contributed by atoms with Gasteiger partial charge in [-0.3, -0.25) is 0 Å². The first-order chi connectivity index (χ1) is 7.35. The van der Waals surface area contributed by atoms with Gasteiger partial charge in [0.25, 0.3) is 0 Å². The van der Waals surface area contributed by atoms with Gasteiger partial charge in [0.15, 0.2) is 0 Å². The molecule has 15 heavy (non-hydrogen) atoms. The standard InChI is InChI=1S/C12H23NO2/c1-13-9-12(4-7-15-10-12)8-11-2-5-14-6-3-11/h11,13H,2-10H2,1H3. The van der Waals surface area contributed by atoms with Gasteiger partial charge < -0.3 is 14.8 Å². The highest BCUT2D eigenvalue weighted by molar-refractivity contribution is 4.87. The van der Waals surface area contributed by atoms with E-state index in [9.17, 15) is 0 Å². The first kappa shape index (κ1) is 11.4. The lowest BCUT2D eigenvalue weighted by Crippen LogP contribution is -2.36. The minimum atomic E-state index is 0.413. The lowest BCUT2D eigenvalue weighted by Gasteiger charge is -2.33. The molecule has 2 fully saturated rings. The van der Waals surface area contributed by atoms with Gasteiger partial charge in [0.05, 0.1) is 6.61 Å². The fourth-order valence-corrected chi connectivity index (χ4v) is 2.96. The van der Waals surface area contributed by atoms with Crippen molar-refractivity contribution < 1.29 is 9.47 Å². The van der Waals surface area contributed by atoms with Crippen molar-refractivity contribution in [1.29, 1.82) is 0 Å². The Morgan fingerprint density at radius 2 is 2.00 bits per heavy atom. The fraction of sp³-hybridized carbons (Fsp3) is 1.00. The summed E-state index contributed by atoms with van der Waals surface area (Å²) in [6.45, 7) is 4.92. The fourth-order valence-electron chi connectivity index (χ4n) is 2.96. The summed E-state index contributed by atoms with van der Waals surface area (Å²) in [5, 5.41) is 3.33. The Morgan fingerprint density at radius 1 is 1.20 bits per heavy atom. The normalized spacial score (nSPS) is 33.4. The van der Waals surface area contributed by atoms with Gasteiger partial charge in [0, 0.05) is 31.8 Å². The van der Waals surface area contributed by atoms with Crippen LogP contribution in [0.1, 0.15) is 25.7 Å². The maximum Gasteiger partial charge on any atom is 0.0535 e. The van der Waals surface area contributed by atoms with Crippen molar-refractivity contribution in [3.63, 3.8) is 0 Å². The van der Waals surface area contributed by atoms with E-state index in [4.69, 9.17) is 9.47 Å². The number of ether oxygens (including phenoxy) is 2. The Labute approximate surface area is 92.5 Å². The van der Waals surface area contributed by atoms with Crippen LogP contribution in [0.2, 0.25) is 0 Å². The number of hydrogen-bond donors (Lipinski definition) is 1. The van der Waals surface area contributed by atoms with Crippen LogP contribution in [0.5, 0.6) is 0 Å². The summed E-state index contributed by atoms with van der Waals surface area (Å²) in [7, 11) is 2.05. The zero-order chi connectivity index (χ0) is 10.6. The Bertz CT molecular complexity index is 184. The molecule has 0 aromatic carbocycles. The molecule has 0 saturated carbocycles. The molecule has 0 aliphatic carbocycles. The van der Waals surface area contributed by atoms with Crippen molar-refractivity contribution in [2.45, 2.75) is 25.7 Å². The van der Waals surface area contributed by atoms with Crippen LogP contribution in [-0.2, 0) is 9.47 Å². The molecule has 0 aromatic rings. The quantitative estimate of drug-likeness (QED) is 0.766. The molecule has 1 N–H and O–H groups in total. The molecule has 0 spiro atoms. The molecule has 0 amide bonds. The summed E-state index contributed by atoms with van der Waals surface area (Å²) >= 11 is 0. The third kappa shape index (κ3) is 2.92. The highest BCUT2D eigenvalue weighted by Gasteiger charge is 2.36. The molecule has 0 bridgehead atoms. The number of hydrogen-bond acceptors (Lipinski definition) is 3. The van der Waals surface area contributed by atoms with E-state index in [2.05, 4.69) is 5.32 Å². The molecule has 1 atom stereocenters. The lowest BCUT2D eigenvalue weighted by atomic mass is 9.76. The van der Waals surface area contributed by atoms with Crippen molar-refractivity contribution in [3.05, 3.63) is 0 Å². The Kier molecular flexibility index (Phi) is 4.00. The van der Waals surface area contributed by atoms with E-state index >= 15 is 0 Å². The van der Waals surface area contributed by atoms with Crippen molar-refractivity contribution in [2.75, 3.05) is 40.0 Å². The number of nitrogens with one attached hydrogen (secondary N) is 1. The van der Waals surface area contributed by atoms with Crippen molar-refractivity contribution in [1.82, 2.24) is 5.32 Å². The van der Waals surface area contributed by atoms with Crippen molar-refractivity contribution >= 4 is 0 Å². The highest BCUT2D eigenvalue weighted by Crippen LogP contribution is 2.37. The van der Waals surface area contributed by atoms with E-state index in [1.54, 1.807) is 0 Å². The highest BCUT2D eigenvalue weighted by atomic mass is 16.5. The van der Waals surface area contributed by atoms with Gasteiger partial charge in [0.2, 0.25) is 0 Å². The molecular formula is C12H23NO2. The first-order valence-corrected chi connectivity index (χ1v) is 6.15. The molecule has 2 heterocycles. The maximum atomic E-state index is 5.58. The Balaban J connectivity index is 1.87. The SMILES string of the molecule is CNCC1(CC2CCOCC2)CCOC1. The van der Waals surface area contributed by atoms with E-state index in [0.29, 0.717) is 5.41 Å². The third-order valence-electron chi connectivity index (χ3n) is 3.80. The van der Waals surface area contributed by atoms with Crippen LogP contribution in [0.25, 0.3) is 0 Å². The van der Waals surface area contributed by atoms with Gasteiger partial charge in [-0.25, -0.2) is 0 Å². The average Bonchev–Trinajstić information content (AvgIpc) is 2.69. The molecule has 2 aliphatic heterocycles. The molecule has 2 rings (SSSR count). The first-order valence-electron chi connectivity index (χ1n) is 6.15. The summed E-state index contributed by atoms with van der Waals surface area (Å²) in [5.41, 5.74) is 0.413. The predicted octanol–water partition coefficient (Wildman–Crippen LogP) is 1.43. The van der Waals surface area contributed by atoms with Crippen LogP contribution in [0.15, 0.2) is 0 Å². The van der Waals surface area contributed by atoms with E-state index in [0.717, 1.165) is 38.9 Å².